The Hall–Kier alpha value is -1.23. The average molecular weight is 194 g/mol. The zero-order valence-electron chi connectivity index (χ0n) is 7.02. The molecule has 0 aromatic rings. The van der Waals surface area contributed by atoms with E-state index in [1.165, 1.54) is 7.11 Å². The second-order valence-electron chi connectivity index (χ2n) is 2.07. The van der Waals surface area contributed by atoms with Gasteiger partial charge in [-0.15, -0.1) is 0 Å². The minimum Gasteiger partial charge on any atom is -0.338 e. The van der Waals surface area contributed by atoms with Gasteiger partial charge in [0.1, 0.15) is 0 Å². The van der Waals surface area contributed by atoms with Crippen LogP contribution in [0.1, 0.15) is 0 Å². The summed E-state index contributed by atoms with van der Waals surface area (Å²) in [6, 6.07) is 0. The molecular weight excluding hydrogens is 185 g/mol. The molecule has 0 aliphatic heterocycles. The van der Waals surface area contributed by atoms with Crippen LogP contribution in [0, 0.1) is 0 Å². The van der Waals surface area contributed by atoms with Crippen LogP contribution in [-0.2, 0) is 9.78 Å². The van der Waals surface area contributed by atoms with Crippen molar-refractivity contribution in [1.29, 1.82) is 0 Å². The molecule has 0 rings (SSSR count). The van der Waals surface area contributed by atoms with Crippen LogP contribution in [0.15, 0.2) is 36.6 Å². The Morgan fingerprint density at radius 3 is 2.15 bits per heavy atom. The summed E-state index contributed by atoms with van der Waals surface area (Å²) in [6.45, 7) is 6.06. The fourth-order valence-electron chi connectivity index (χ4n) is 0.423. The topological polar surface area (TPSA) is 18.5 Å². The van der Waals surface area contributed by atoms with Crippen LogP contribution in [0.5, 0.6) is 0 Å². The number of hydrogen-bond donors (Lipinski definition) is 0. The highest BCUT2D eigenvalue weighted by Crippen LogP contribution is 2.24. The molecule has 0 atom stereocenters. The predicted molar refractivity (Wildman–Crippen MR) is 41.6 cm³/mol. The van der Waals surface area contributed by atoms with Crippen LogP contribution in [0.3, 0.4) is 0 Å². The number of halogens is 3. The fraction of sp³-hybridized carbons (Fsp3) is 0.250. The van der Waals surface area contributed by atoms with Crippen LogP contribution in [-0.4, -0.2) is 13.3 Å². The van der Waals surface area contributed by atoms with E-state index in [9.17, 15) is 13.2 Å². The summed E-state index contributed by atoms with van der Waals surface area (Å²) in [4.78, 5) is 8.47. The molecule has 0 aliphatic rings. The zero-order valence-corrected chi connectivity index (χ0v) is 7.02. The van der Waals surface area contributed by atoms with E-state index in [-0.39, 0.29) is 5.76 Å². The van der Waals surface area contributed by atoms with Gasteiger partial charge in [-0.25, -0.2) is 0 Å². The Morgan fingerprint density at radius 1 is 1.23 bits per heavy atom. The first-order valence-electron chi connectivity index (χ1n) is 3.21. The maximum absolute atomic E-state index is 11.8. The molecule has 0 unspecified atom stereocenters. The first-order valence-corrected chi connectivity index (χ1v) is 3.21. The van der Waals surface area contributed by atoms with Gasteiger partial charge in [-0.1, -0.05) is 13.2 Å². The van der Waals surface area contributed by atoms with Crippen molar-refractivity contribution >= 4 is 0 Å². The molecule has 0 saturated carbocycles. The quantitative estimate of drug-likeness (QED) is 0.296. The monoisotopic (exact) mass is 194 g/mol. The van der Waals surface area contributed by atoms with Gasteiger partial charge < -0.3 is 4.89 Å². The average Bonchev–Trinajstić information content (AvgIpc) is 1.99. The molecular formula is C8H9F3O2. The summed E-state index contributed by atoms with van der Waals surface area (Å²) in [5.41, 5.74) is -0.978. The Kier molecular flexibility index (Phi) is 4.27. The van der Waals surface area contributed by atoms with Crippen molar-refractivity contribution in [2.75, 3.05) is 7.11 Å². The molecule has 0 fully saturated rings. The molecule has 0 aromatic carbocycles. The third-order valence-corrected chi connectivity index (χ3v) is 1.02. The lowest BCUT2D eigenvalue weighted by atomic mass is 10.2. The van der Waals surface area contributed by atoms with Crippen LogP contribution in [0.4, 0.5) is 13.2 Å². The minimum absolute atomic E-state index is 0.0344. The van der Waals surface area contributed by atoms with Crippen LogP contribution in [0.25, 0.3) is 0 Å². The van der Waals surface area contributed by atoms with E-state index in [0.717, 1.165) is 12.2 Å². The van der Waals surface area contributed by atoms with Crippen molar-refractivity contribution in [2.24, 2.45) is 0 Å². The first kappa shape index (κ1) is 11.8. The highest BCUT2D eigenvalue weighted by Gasteiger charge is 2.29. The second kappa shape index (κ2) is 4.71. The van der Waals surface area contributed by atoms with Crippen molar-refractivity contribution in [2.45, 2.75) is 6.18 Å². The van der Waals surface area contributed by atoms with Gasteiger partial charge in [0.15, 0.2) is 5.76 Å². The lowest BCUT2D eigenvalue weighted by Crippen LogP contribution is -2.08. The minimum atomic E-state index is -4.43. The van der Waals surface area contributed by atoms with Crippen LogP contribution >= 0.6 is 0 Å². The lowest BCUT2D eigenvalue weighted by Gasteiger charge is -2.04. The molecule has 5 heteroatoms. The molecule has 13 heavy (non-hydrogen) atoms. The number of allylic oxidation sites excluding steroid dienone is 3. The molecule has 0 aliphatic carbocycles. The predicted octanol–water partition coefficient (Wildman–Crippen LogP) is 2.75. The fourth-order valence-corrected chi connectivity index (χ4v) is 0.423. The standard InChI is InChI=1S/C8H9F3O2/c1-6(8(9,10)11)4-5-7(2)13-12-3/h4-5H,1-2H2,3H3/b5-4-. The Balaban J connectivity index is 4.13. The maximum Gasteiger partial charge on any atom is 0.415 e. The number of hydrogen-bond acceptors (Lipinski definition) is 2. The summed E-state index contributed by atoms with van der Waals surface area (Å²) in [5.74, 6) is -0.0344. The van der Waals surface area contributed by atoms with E-state index in [1.807, 2.05) is 0 Å². The van der Waals surface area contributed by atoms with Crippen molar-refractivity contribution < 1.29 is 22.9 Å². The van der Waals surface area contributed by atoms with Crippen molar-refractivity contribution in [3.8, 4) is 0 Å². The van der Waals surface area contributed by atoms with Gasteiger partial charge in [0.25, 0.3) is 0 Å². The Bertz CT molecular complexity index is 228. The second-order valence-corrected chi connectivity index (χ2v) is 2.07. The van der Waals surface area contributed by atoms with Gasteiger partial charge >= 0.3 is 6.18 Å². The number of alkyl halides is 3. The molecule has 0 aromatic heterocycles. The van der Waals surface area contributed by atoms with Gasteiger partial charge in [-0.3, -0.25) is 0 Å². The summed E-state index contributed by atoms with van der Waals surface area (Å²) in [6.07, 6.45) is -2.66. The lowest BCUT2D eigenvalue weighted by molar-refractivity contribution is -0.232. The van der Waals surface area contributed by atoms with Crippen molar-refractivity contribution in [3.05, 3.63) is 36.6 Å². The SMILES string of the molecule is C=C(/C=C\C(=C)C(F)(F)F)OOC. The summed E-state index contributed by atoms with van der Waals surface area (Å²) < 4.78 is 35.5. The summed E-state index contributed by atoms with van der Waals surface area (Å²) in [7, 11) is 1.22. The highest BCUT2D eigenvalue weighted by molar-refractivity contribution is 5.24. The Labute approximate surface area is 73.9 Å². The van der Waals surface area contributed by atoms with Crippen molar-refractivity contribution in [1.82, 2.24) is 0 Å². The zero-order chi connectivity index (χ0) is 10.5. The van der Waals surface area contributed by atoms with Gasteiger partial charge in [0.2, 0.25) is 0 Å². The van der Waals surface area contributed by atoms with Gasteiger partial charge in [-0.2, -0.15) is 18.1 Å². The summed E-state index contributed by atoms with van der Waals surface area (Å²) in [5, 5.41) is 0. The normalized spacial score (nSPS) is 11.7. The largest absolute Gasteiger partial charge is 0.415 e. The maximum atomic E-state index is 11.8. The van der Waals surface area contributed by atoms with Crippen LogP contribution in [0.2, 0.25) is 0 Å². The van der Waals surface area contributed by atoms with E-state index in [2.05, 4.69) is 22.9 Å². The molecule has 0 amide bonds. The third-order valence-electron chi connectivity index (χ3n) is 1.02. The van der Waals surface area contributed by atoms with Crippen LogP contribution < -0.4 is 0 Å². The smallest absolute Gasteiger partial charge is 0.338 e. The molecule has 0 bridgehead atoms. The van der Waals surface area contributed by atoms with E-state index in [4.69, 9.17) is 0 Å². The van der Waals surface area contributed by atoms with E-state index >= 15 is 0 Å². The van der Waals surface area contributed by atoms with E-state index < -0.39 is 11.7 Å². The van der Waals surface area contributed by atoms with E-state index in [0.29, 0.717) is 0 Å². The highest BCUT2D eigenvalue weighted by atomic mass is 19.4. The molecule has 0 radical (unpaired) electrons. The first-order chi connectivity index (χ1) is 5.88. The number of rotatable bonds is 4. The third kappa shape index (κ3) is 5.08. The van der Waals surface area contributed by atoms with Gasteiger partial charge in [0, 0.05) is 5.57 Å². The van der Waals surface area contributed by atoms with E-state index in [1.54, 1.807) is 0 Å². The van der Waals surface area contributed by atoms with Crippen molar-refractivity contribution in [3.63, 3.8) is 0 Å². The van der Waals surface area contributed by atoms with Gasteiger partial charge in [0.05, 0.1) is 7.11 Å². The molecule has 74 valence electrons. The molecule has 0 saturated heterocycles. The summed E-state index contributed by atoms with van der Waals surface area (Å²) >= 11 is 0. The molecule has 0 heterocycles. The van der Waals surface area contributed by atoms with Gasteiger partial charge in [-0.05, 0) is 12.2 Å². The molecule has 0 spiro atoms. The Morgan fingerprint density at radius 2 is 1.77 bits per heavy atom. The molecule has 2 nitrogen and oxygen atoms in total. The molecule has 0 N–H and O–H groups in total.